The second-order valence-electron chi connectivity index (χ2n) is 5.80. The molecule has 7 nitrogen and oxygen atoms in total. The minimum absolute atomic E-state index is 0.149. The molecule has 0 unspecified atom stereocenters. The Labute approximate surface area is 143 Å². The van der Waals surface area contributed by atoms with Crippen LogP contribution in [-0.2, 0) is 24.8 Å². The Morgan fingerprint density at radius 1 is 1.20 bits per heavy atom. The molecule has 0 radical (unpaired) electrons. The zero-order valence-electron chi connectivity index (χ0n) is 14.0. The summed E-state index contributed by atoms with van der Waals surface area (Å²) in [5, 5.41) is 3.13. The van der Waals surface area contributed by atoms with E-state index in [9.17, 15) is 14.4 Å². The molecule has 1 N–H and O–H groups in total. The van der Waals surface area contributed by atoms with Crippen LogP contribution in [0.25, 0.3) is 11.0 Å². The molecule has 0 saturated heterocycles. The van der Waals surface area contributed by atoms with Crippen molar-refractivity contribution in [1.29, 1.82) is 0 Å². The molecule has 0 fully saturated rings. The third-order valence-electron chi connectivity index (χ3n) is 3.97. The molecule has 2 heterocycles. The van der Waals surface area contributed by atoms with Gasteiger partial charge in [0.1, 0.15) is 5.65 Å². The van der Waals surface area contributed by atoms with Gasteiger partial charge in [-0.1, -0.05) is 12.1 Å². The highest BCUT2D eigenvalue weighted by Crippen LogP contribution is 2.11. The molecule has 128 valence electrons. The summed E-state index contributed by atoms with van der Waals surface area (Å²) < 4.78 is 2.60. The van der Waals surface area contributed by atoms with Crippen LogP contribution in [0, 0.1) is 0 Å². The molecule has 0 aliphatic heterocycles. The number of aryl methyl sites for hydroxylation is 2. The van der Waals surface area contributed by atoms with Crippen molar-refractivity contribution < 1.29 is 4.79 Å². The van der Waals surface area contributed by atoms with Gasteiger partial charge in [0.05, 0.1) is 5.39 Å². The largest absolute Gasteiger partial charge is 0.332 e. The van der Waals surface area contributed by atoms with E-state index in [1.165, 1.54) is 16.1 Å². The van der Waals surface area contributed by atoms with E-state index in [1.807, 2.05) is 18.2 Å². The van der Waals surface area contributed by atoms with Crippen LogP contribution >= 0.6 is 0 Å². The van der Waals surface area contributed by atoms with Crippen LogP contribution in [-0.4, -0.2) is 20.0 Å². The van der Waals surface area contributed by atoms with Crippen molar-refractivity contribution in [3.8, 4) is 0 Å². The van der Waals surface area contributed by atoms with Crippen molar-refractivity contribution in [2.75, 3.05) is 5.32 Å². The number of rotatable bonds is 4. The van der Waals surface area contributed by atoms with Gasteiger partial charge in [0.25, 0.3) is 5.56 Å². The van der Waals surface area contributed by atoms with Crippen LogP contribution in [0.2, 0.25) is 0 Å². The maximum atomic E-state index is 12.6. The zero-order chi connectivity index (χ0) is 18.0. The van der Waals surface area contributed by atoms with Gasteiger partial charge in [-0.3, -0.25) is 18.7 Å². The summed E-state index contributed by atoms with van der Waals surface area (Å²) in [6.07, 6.45) is 2.05. The van der Waals surface area contributed by atoms with Crippen molar-refractivity contribution in [2.24, 2.45) is 7.05 Å². The van der Waals surface area contributed by atoms with Crippen molar-refractivity contribution in [3.63, 3.8) is 0 Å². The van der Waals surface area contributed by atoms with E-state index in [0.29, 0.717) is 23.1 Å². The fourth-order valence-electron chi connectivity index (χ4n) is 2.78. The molecule has 7 heteroatoms. The predicted octanol–water partition coefficient (Wildman–Crippen LogP) is 1.30. The maximum absolute atomic E-state index is 12.6. The predicted molar refractivity (Wildman–Crippen MR) is 95.7 cm³/mol. The number of anilines is 1. The lowest BCUT2D eigenvalue weighted by atomic mass is 10.1. The fraction of sp³-hybridized carbons (Fsp3) is 0.222. The van der Waals surface area contributed by atoms with Crippen LogP contribution < -0.4 is 16.6 Å². The van der Waals surface area contributed by atoms with Gasteiger partial charge in [-0.15, -0.1) is 0 Å². The van der Waals surface area contributed by atoms with Gasteiger partial charge in [-0.25, -0.2) is 9.78 Å². The van der Waals surface area contributed by atoms with Crippen LogP contribution in [0.4, 0.5) is 5.69 Å². The second-order valence-corrected chi connectivity index (χ2v) is 5.80. The van der Waals surface area contributed by atoms with Gasteiger partial charge >= 0.3 is 5.69 Å². The highest BCUT2D eigenvalue weighted by molar-refractivity contribution is 5.88. The summed E-state index contributed by atoms with van der Waals surface area (Å²) in [4.78, 5) is 40.3. The third-order valence-corrected chi connectivity index (χ3v) is 3.97. The number of carbonyl (C=O) groups excluding carboxylic acids is 1. The van der Waals surface area contributed by atoms with E-state index in [4.69, 9.17) is 0 Å². The number of hydrogen-bond acceptors (Lipinski definition) is 4. The summed E-state index contributed by atoms with van der Waals surface area (Å²) in [7, 11) is 1.60. The zero-order valence-corrected chi connectivity index (χ0v) is 14.0. The average Bonchev–Trinajstić information content (AvgIpc) is 2.59. The molecule has 2 aromatic heterocycles. The van der Waals surface area contributed by atoms with Crippen LogP contribution in [0.1, 0.15) is 12.5 Å². The number of aromatic nitrogens is 3. The number of nitrogens with one attached hydrogen (secondary N) is 1. The second kappa shape index (κ2) is 6.72. The third kappa shape index (κ3) is 3.35. The number of nitrogens with zero attached hydrogens (tertiary/aromatic N) is 3. The van der Waals surface area contributed by atoms with E-state index < -0.39 is 5.69 Å². The Morgan fingerprint density at radius 3 is 2.76 bits per heavy atom. The van der Waals surface area contributed by atoms with Crippen LogP contribution in [0.15, 0.2) is 52.2 Å². The van der Waals surface area contributed by atoms with Crippen molar-refractivity contribution in [3.05, 3.63) is 69.0 Å². The molecule has 0 bridgehead atoms. The van der Waals surface area contributed by atoms with E-state index in [1.54, 1.807) is 31.4 Å². The Bertz CT molecular complexity index is 1070. The number of pyridine rings is 1. The summed E-state index contributed by atoms with van der Waals surface area (Å²) in [5.41, 5.74) is 1.25. The summed E-state index contributed by atoms with van der Waals surface area (Å²) in [5.74, 6) is -0.149. The maximum Gasteiger partial charge on any atom is 0.332 e. The highest BCUT2D eigenvalue weighted by atomic mass is 16.2. The van der Waals surface area contributed by atoms with Gasteiger partial charge in [0.15, 0.2) is 0 Å². The molecule has 1 amide bonds. The molecule has 0 spiro atoms. The Kier molecular flexibility index (Phi) is 4.47. The smallest absolute Gasteiger partial charge is 0.326 e. The number of carbonyl (C=O) groups is 1. The molecule has 3 aromatic rings. The minimum Gasteiger partial charge on any atom is -0.326 e. The first-order valence-corrected chi connectivity index (χ1v) is 7.88. The molecule has 1 aromatic carbocycles. The SMILES string of the molecule is CC(=O)Nc1cccc(CCn2c(=O)c3cccnc3n(C)c2=O)c1. The standard InChI is InChI=1S/C18H18N4O3/c1-12(23)20-14-6-3-5-13(11-14)8-10-22-17(24)15-7-4-9-19-16(15)21(2)18(22)25/h3-7,9,11H,8,10H2,1-2H3,(H,20,23). The Morgan fingerprint density at radius 2 is 2.00 bits per heavy atom. The average molecular weight is 338 g/mol. The van der Waals surface area contributed by atoms with E-state index in [0.717, 1.165) is 5.56 Å². The summed E-state index contributed by atoms with van der Waals surface area (Å²) in [6.45, 7) is 1.69. The van der Waals surface area contributed by atoms with Crippen LogP contribution in [0.3, 0.4) is 0 Å². The highest BCUT2D eigenvalue weighted by Gasteiger charge is 2.11. The molecule has 0 atom stereocenters. The van der Waals surface area contributed by atoms with Crippen molar-refractivity contribution in [2.45, 2.75) is 19.9 Å². The van der Waals surface area contributed by atoms with Gasteiger partial charge in [-0.2, -0.15) is 0 Å². The van der Waals surface area contributed by atoms with Gasteiger partial charge in [0, 0.05) is 32.4 Å². The minimum atomic E-state index is -0.394. The van der Waals surface area contributed by atoms with Crippen LogP contribution in [0.5, 0.6) is 0 Å². The van der Waals surface area contributed by atoms with E-state index >= 15 is 0 Å². The fourth-order valence-corrected chi connectivity index (χ4v) is 2.78. The van der Waals surface area contributed by atoms with Crippen molar-refractivity contribution in [1.82, 2.24) is 14.1 Å². The Balaban J connectivity index is 1.93. The first kappa shape index (κ1) is 16.6. The topological polar surface area (TPSA) is 86.0 Å². The summed E-state index contributed by atoms with van der Waals surface area (Å²) >= 11 is 0. The normalized spacial score (nSPS) is 10.8. The quantitative estimate of drug-likeness (QED) is 0.777. The van der Waals surface area contributed by atoms with E-state index in [-0.39, 0.29) is 18.0 Å². The lowest BCUT2D eigenvalue weighted by Gasteiger charge is -2.10. The first-order chi connectivity index (χ1) is 12.0. The number of amides is 1. The van der Waals surface area contributed by atoms with Gasteiger partial charge in [0.2, 0.25) is 5.91 Å². The number of fused-ring (bicyclic) bond motifs is 1. The molecule has 0 saturated carbocycles. The molecule has 25 heavy (non-hydrogen) atoms. The van der Waals surface area contributed by atoms with Gasteiger partial charge < -0.3 is 5.32 Å². The molecular formula is C18H18N4O3. The van der Waals surface area contributed by atoms with Gasteiger partial charge in [-0.05, 0) is 36.2 Å². The molecule has 0 aliphatic rings. The monoisotopic (exact) mass is 338 g/mol. The molecule has 3 rings (SSSR count). The molecule has 0 aliphatic carbocycles. The first-order valence-electron chi connectivity index (χ1n) is 7.88. The number of hydrogen-bond donors (Lipinski definition) is 1. The number of benzene rings is 1. The van der Waals surface area contributed by atoms with E-state index in [2.05, 4.69) is 10.3 Å². The van der Waals surface area contributed by atoms with Crippen molar-refractivity contribution >= 4 is 22.6 Å². The molecular weight excluding hydrogens is 320 g/mol. The lowest BCUT2D eigenvalue weighted by Crippen LogP contribution is -2.39. The lowest BCUT2D eigenvalue weighted by molar-refractivity contribution is -0.114. The Hall–Kier alpha value is -3.22. The summed E-state index contributed by atoms with van der Waals surface area (Å²) in [6, 6.07) is 10.7.